The van der Waals surface area contributed by atoms with Crippen molar-refractivity contribution >= 4 is 0 Å². The average Bonchev–Trinajstić information content (AvgIpc) is 2.17. The van der Waals surface area contributed by atoms with Crippen molar-refractivity contribution in [3.63, 3.8) is 0 Å². The topological polar surface area (TPSA) is 52.7 Å². The Bertz CT molecular complexity index is 174. The zero-order valence-corrected chi connectivity index (χ0v) is 11.5. The number of nitrogens with zero attached hydrogens (tertiary/aromatic N) is 2. The molecule has 0 bridgehead atoms. The lowest BCUT2D eigenvalue weighted by molar-refractivity contribution is 0.110. The Morgan fingerprint density at radius 2 is 1.69 bits per heavy atom. The van der Waals surface area contributed by atoms with Gasteiger partial charge in [-0.2, -0.15) is 0 Å². The summed E-state index contributed by atoms with van der Waals surface area (Å²) in [6.07, 6.45) is 1.10. The number of likely N-dealkylation sites (N-methyl/N-ethyl adjacent to an activating group) is 1. The van der Waals surface area contributed by atoms with E-state index in [1.807, 2.05) is 7.05 Å². The minimum atomic E-state index is 0.0364. The van der Waals surface area contributed by atoms with E-state index in [0.717, 1.165) is 19.5 Å². The van der Waals surface area contributed by atoms with Crippen molar-refractivity contribution in [1.29, 1.82) is 0 Å². The molecule has 16 heavy (non-hydrogen) atoms. The van der Waals surface area contributed by atoms with Crippen molar-refractivity contribution in [3.05, 3.63) is 0 Å². The molecule has 0 aliphatic carbocycles. The van der Waals surface area contributed by atoms with Crippen LogP contribution in [0.25, 0.3) is 0 Å². The van der Waals surface area contributed by atoms with Gasteiger partial charge in [-0.1, -0.05) is 13.8 Å². The number of nitrogens with two attached hydrogens (primary N) is 1. The molecule has 0 rings (SSSR count). The number of aliphatic hydroxyl groups excluding tert-OH is 1. The predicted molar refractivity (Wildman–Crippen MR) is 69.5 cm³/mol. The van der Waals surface area contributed by atoms with E-state index < -0.39 is 0 Å². The van der Waals surface area contributed by atoms with Crippen LogP contribution >= 0.6 is 0 Å². The Morgan fingerprint density at radius 3 is 2.06 bits per heavy atom. The van der Waals surface area contributed by atoms with Gasteiger partial charge in [-0.3, -0.25) is 4.90 Å². The highest BCUT2D eigenvalue weighted by Gasteiger charge is 2.23. The highest BCUT2D eigenvalue weighted by atomic mass is 16.3. The van der Waals surface area contributed by atoms with Crippen LogP contribution in [0.1, 0.15) is 20.3 Å². The molecular formula is C12H29N3O. The molecule has 0 saturated heterocycles. The van der Waals surface area contributed by atoms with Gasteiger partial charge in [0.25, 0.3) is 0 Å². The van der Waals surface area contributed by atoms with Gasteiger partial charge in [-0.05, 0) is 46.6 Å². The van der Waals surface area contributed by atoms with Crippen molar-refractivity contribution in [2.75, 3.05) is 40.8 Å². The quantitative estimate of drug-likeness (QED) is 0.627. The van der Waals surface area contributed by atoms with Crippen LogP contribution in [0.2, 0.25) is 0 Å². The van der Waals surface area contributed by atoms with E-state index in [-0.39, 0.29) is 18.7 Å². The van der Waals surface area contributed by atoms with E-state index >= 15 is 0 Å². The number of aliphatic hydroxyl groups is 1. The van der Waals surface area contributed by atoms with Gasteiger partial charge in [0.05, 0.1) is 6.61 Å². The Kier molecular flexibility index (Phi) is 7.93. The van der Waals surface area contributed by atoms with E-state index in [2.05, 4.69) is 37.7 Å². The second kappa shape index (κ2) is 8.01. The smallest absolute Gasteiger partial charge is 0.0601 e. The van der Waals surface area contributed by atoms with Crippen LogP contribution < -0.4 is 5.73 Å². The van der Waals surface area contributed by atoms with Gasteiger partial charge in [0.1, 0.15) is 0 Å². The minimum Gasteiger partial charge on any atom is -0.395 e. The Labute approximate surface area is 100 Å². The summed E-state index contributed by atoms with van der Waals surface area (Å²) in [5.74, 6) is 0.397. The molecule has 0 fully saturated rings. The molecule has 0 heterocycles. The molecule has 0 spiro atoms. The van der Waals surface area contributed by atoms with Crippen LogP contribution in [0.3, 0.4) is 0 Å². The number of hydrogen-bond acceptors (Lipinski definition) is 4. The van der Waals surface area contributed by atoms with Gasteiger partial charge in [-0.25, -0.2) is 0 Å². The third-order valence-corrected chi connectivity index (χ3v) is 3.08. The van der Waals surface area contributed by atoms with Crippen LogP contribution in [0.15, 0.2) is 0 Å². The third-order valence-electron chi connectivity index (χ3n) is 3.08. The van der Waals surface area contributed by atoms with Crippen molar-refractivity contribution in [1.82, 2.24) is 9.80 Å². The highest BCUT2D eigenvalue weighted by molar-refractivity contribution is 4.82. The summed E-state index contributed by atoms with van der Waals surface area (Å²) in [4.78, 5) is 4.35. The molecule has 0 saturated carbocycles. The summed E-state index contributed by atoms with van der Waals surface area (Å²) in [6.45, 7) is 6.38. The van der Waals surface area contributed by atoms with Gasteiger partial charge < -0.3 is 15.7 Å². The summed E-state index contributed by atoms with van der Waals surface area (Å²) in [6, 6.07) is 0.108. The first kappa shape index (κ1) is 15.8. The minimum absolute atomic E-state index is 0.0364. The fraction of sp³-hybridized carbons (Fsp3) is 1.00. The van der Waals surface area contributed by atoms with Gasteiger partial charge in [0.2, 0.25) is 0 Å². The molecule has 0 amide bonds. The number of rotatable bonds is 8. The average molecular weight is 231 g/mol. The van der Waals surface area contributed by atoms with Crippen LogP contribution in [0.4, 0.5) is 0 Å². The highest BCUT2D eigenvalue weighted by Crippen LogP contribution is 2.09. The lowest BCUT2D eigenvalue weighted by Crippen LogP contribution is -2.51. The zero-order valence-electron chi connectivity index (χ0n) is 11.5. The molecule has 0 aliphatic heterocycles. The largest absolute Gasteiger partial charge is 0.395 e. The fourth-order valence-corrected chi connectivity index (χ4v) is 1.80. The summed E-state index contributed by atoms with van der Waals surface area (Å²) in [7, 11) is 6.19. The van der Waals surface area contributed by atoms with E-state index in [9.17, 15) is 5.11 Å². The summed E-state index contributed by atoms with van der Waals surface area (Å²) < 4.78 is 0. The summed E-state index contributed by atoms with van der Waals surface area (Å²) in [5, 5.41) is 9.39. The van der Waals surface area contributed by atoms with Gasteiger partial charge in [0.15, 0.2) is 0 Å². The molecule has 0 radical (unpaired) electrons. The lowest BCUT2D eigenvalue weighted by atomic mass is 9.97. The van der Waals surface area contributed by atoms with Gasteiger partial charge in [0, 0.05) is 12.1 Å². The molecule has 0 aromatic rings. The lowest BCUT2D eigenvalue weighted by Gasteiger charge is -2.33. The SMILES string of the molecule is CC(C)C(N)C(CO)N(C)CCCN(C)C. The first-order valence-electron chi connectivity index (χ1n) is 6.11. The second-order valence-electron chi connectivity index (χ2n) is 5.21. The maximum atomic E-state index is 9.39. The molecule has 98 valence electrons. The predicted octanol–water partition coefficient (Wildman–Crippen LogP) is 0.214. The van der Waals surface area contributed by atoms with Gasteiger partial charge >= 0.3 is 0 Å². The molecular weight excluding hydrogens is 202 g/mol. The molecule has 0 aliphatic rings. The van der Waals surface area contributed by atoms with E-state index in [0.29, 0.717) is 5.92 Å². The van der Waals surface area contributed by atoms with Crippen LogP contribution in [-0.4, -0.2) is 67.8 Å². The number of hydrogen-bond donors (Lipinski definition) is 2. The molecule has 0 aromatic heterocycles. The van der Waals surface area contributed by atoms with E-state index in [4.69, 9.17) is 5.73 Å². The molecule has 4 nitrogen and oxygen atoms in total. The van der Waals surface area contributed by atoms with Crippen LogP contribution in [-0.2, 0) is 0 Å². The Balaban J connectivity index is 4.05. The molecule has 2 atom stereocenters. The monoisotopic (exact) mass is 231 g/mol. The molecule has 3 N–H and O–H groups in total. The maximum absolute atomic E-state index is 9.39. The summed E-state index contributed by atoms with van der Waals surface area (Å²) >= 11 is 0. The van der Waals surface area contributed by atoms with E-state index in [1.165, 1.54) is 0 Å². The first-order valence-corrected chi connectivity index (χ1v) is 6.11. The molecule has 4 heteroatoms. The molecule has 0 aromatic carbocycles. The van der Waals surface area contributed by atoms with Crippen LogP contribution in [0, 0.1) is 5.92 Å². The van der Waals surface area contributed by atoms with Crippen molar-refractivity contribution < 1.29 is 5.11 Å². The Hall–Kier alpha value is -0.160. The van der Waals surface area contributed by atoms with Gasteiger partial charge in [-0.15, -0.1) is 0 Å². The second-order valence-corrected chi connectivity index (χ2v) is 5.21. The van der Waals surface area contributed by atoms with Crippen molar-refractivity contribution in [2.45, 2.75) is 32.4 Å². The van der Waals surface area contributed by atoms with Crippen LogP contribution in [0.5, 0.6) is 0 Å². The standard InChI is InChI=1S/C12H29N3O/c1-10(2)12(13)11(9-16)15(5)8-6-7-14(3)4/h10-12,16H,6-9,13H2,1-5H3. The fourth-order valence-electron chi connectivity index (χ4n) is 1.80. The maximum Gasteiger partial charge on any atom is 0.0601 e. The van der Waals surface area contributed by atoms with Crippen molar-refractivity contribution in [2.24, 2.45) is 11.7 Å². The summed E-state index contributed by atoms with van der Waals surface area (Å²) in [5.41, 5.74) is 6.09. The first-order chi connectivity index (χ1) is 7.40. The third kappa shape index (κ3) is 5.80. The zero-order chi connectivity index (χ0) is 12.7. The molecule has 2 unspecified atom stereocenters. The normalized spacial score (nSPS) is 16.1. The van der Waals surface area contributed by atoms with E-state index in [1.54, 1.807) is 0 Å². The van der Waals surface area contributed by atoms with Crippen molar-refractivity contribution in [3.8, 4) is 0 Å². The Morgan fingerprint density at radius 1 is 1.12 bits per heavy atom.